The predicted molar refractivity (Wildman–Crippen MR) is 48.8 cm³/mol. The van der Waals surface area contributed by atoms with Crippen LogP contribution in [0.15, 0.2) is 30.7 Å². The number of aromatic nitrogens is 1. The lowest BCUT2D eigenvalue weighted by molar-refractivity contribution is -0.872. The largest absolute Gasteiger partial charge is 0.447 e. The van der Waals surface area contributed by atoms with Crippen molar-refractivity contribution in [2.24, 2.45) is 5.84 Å². The number of anilines is 2. The van der Waals surface area contributed by atoms with Crippen LogP contribution in [0.25, 0.3) is 5.43 Å². The average molecular weight is 178 g/mol. The third kappa shape index (κ3) is 1.28. The van der Waals surface area contributed by atoms with Gasteiger partial charge in [0, 0.05) is 12.4 Å². The quantitative estimate of drug-likeness (QED) is 0.477. The van der Waals surface area contributed by atoms with Gasteiger partial charge in [-0.1, -0.05) is 0 Å². The molecule has 1 aliphatic heterocycles. The molecule has 1 aliphatic rings. The van der Waals surface area contributed by atoms with E-state index in [0.29, 0.717) is 11.0 Å². The highest BCUT2D eigenvalue weighted by Crippen LogP contribution is 2.18. The van der Waals surface area contributed by atoms with Gasteiger partial charge in [0.15, 0.2) is 5.82 Å². The van der Waals surface area contributed by atoms with Gasteiger partial charge in [-0.05, 0) is 12.1 Å². The molecule has 0 saturated carbocycles. The number of rotatable bonds is 1. The van der Waals surface area contributed by atoms with E-state index in [0.717, 1.165) is 5.69 Å². The molecule has 6 nitrogen and oxygen atoms in total. The molecule has 0 saturated heterocycles. The molecule has 68 valence electrons. The van der Waals surface area contributed by atoms with Crippen molar-refractivity contribution >= 4 is 11.5 Å². The zero-order valence-electron chi connectivity index (χ0n) is 6.88. The van der Waals surface area contributed by atoms with E-state index in [-0.39, 0.29) is 0 Å². The smallest absolute Gasteiger partial charge is 0.152 e. The summed E-state index contributed by atoms with van der Waals surface area (Å²) in [5, 5.41) is 2.09. The Balaban J connectivity index is 2.35. The fourth-order valence-electron chi connectivity index (χ4n) is 1.13. The van der Waals surface area contributed by atoms with Gasteiger partial charge in [0.2, 0.25) is 0 Å². The molecule has 0 radical (unpaired) electrons. The van der Waals surface area contributed by atoms with Crippen LogP contribution in [0.4, 0.5) is 11.5 Å². The molecule has 1 unspecified atom stereocenters. The monoisotopic (exact) mass is 178 g/mol. The van der Waals surface area contributed by atoms with Crippen molar-refractivity contribution in [3.05, 3.63) is 36.2 Å². The second-order valence-electron chi connectivity index (χ2n) is 2.56. The zero-order chi connectivity index (χ0) is 9.26. The Morgan fingerprint density at radius 2 is 2.38 bits per heavy atom. The summed E-state index contributed by atoms with van der Waals surface area (Å²) >= 11 is 0. The lowest BCUT2D eigenvalue weighted by Crippen LogP contribution is -3.18. The lowest BCUT2D eigenvalue weighted by atomic mass is 10.4. The van der Waals surface area contributed by atoms with Crippen LogP contribution in [0.3, 0.4) is 0 Å². The molecule has 13 heavy (non-hydrogen) atoms. The van der Waals surface area contributed by atoms with Gasteiger partial charge in [-0.2, -0.15) is 16.1 Å². The maximum absolute atomic E-state index is 5.67. The van der Waals surface area contributed by atoms with E-state index in [1.165, 1.54) is 0 Å². The molecular formula is C7H10N6. The summed E-state index contributed by atoms with van der Waals surface area (Å²) in [5.41, 5.74) is 10.3. The van der Waals surface area contributed by atoms with Crippen LogP contribution in [0.5, 0.6) is 0 Å². The summed E-state index contributed by atoms with van der Waals surface area (Å²) in [7, 11) is 0. The van der Waals surface area contributed by atoms with Gasteiger partial charge in [-0.15, -0.1) is 6.20 Å². The summed E-state index contributed by atoms with van der Waals surface area (Å²) in [6.07, 6.45) is 4.98. The minimum Gasteiger partial charge on any atom is -0.447 e. The molecule has 2 rings (SSSR count). The van der Waals surface area contributed by atoms with Gasteiger partial charge in [-0.25, -0.2) is 4.98 Å². The van der Waals surface area contributed by atoms with Gasteiger partial charge >= 0.3 is 0 Å². The highest BCUT2D eigenvalue weighted by molar-refractivity contribution is 5.62. The lowest BCUT2D eigenvalue weighted by Gasteiger charge is -2.26. The molecular weight excluding hydrogens is 168 g/mol. The molecule has 0 aliphatic carbocycles. The third-order valence-corrected chi connectivity index (χ3v) is 1.75. The Kier molecular flexibility index (Phi) is 1.76. The maximum atomic E-state index is 5.67. The molecule has 1 aromatic heterocycles. The Morgan fingerprint density at radius 1 is 1.54 bits per heavy atom. The first-order valence-electron chi connectivity index (χ1n) is 3.79. The third-order valence-electron chi connectivity index (χ3n) is 1.75. The fraction of sp³-hybridized carbons (Fsp3) is 0. The van der Waals surface area contributed by atoms with Crippen LogP contribution < -0.4 is 21.8 Å². The summed E-state index contributed by atoms with van der Waals surface area (Å²) in [5.74, 6) is 6.05. The molecule has 1 aromatic rings. The van der Waals surface area contributed by atoms with Gasteiger partial charge < -0.3 is 11.2 Å². The van der Waals surface area contributed by atoms with Crippen molar-refractivity contribution in [3.63, 3.8) is 0 Å². The average Bonchev–Trinajstić information content (AvgIpc) is 2.52. The second-order valence-corrected chi connectivity index (χ2v) is 2.56. The Hall–Kier alpha value is -1.79. The van der Waals surface area contributed by atoms with E-state index in [2.05, 4.69) is 10.4 Å². The molecule has 5 N–H and O–H groups in total. The number of pyridine rings is 1. The summed E-state index contributed by atoms with van der Waals surface area (Å²) in [6, 6.07) is 3.63. The Morgan fingerprint density at radius 3 is 3.00 bits per heavy atom. The number of nitrogens with two attached hydrogens (primary N) is 2. The van der Waals surface area contributed by atoms with Gasteiger partial charge in [0.1, 0.15) is 5.69 Å². The van der Waals surface area contributed by atoms with E-state index in [1.807, 2.05) is 6.07 Å². The molecule has 2 heterocycles. The number of nitrogen functional groups attached to an aromatic ring is 1. The molecule has 0 amide bonds. The minimum atomic E-state index is 0.403. The molecule has 0 bridgehead atoms. The van der Waals surface area contributed by atoms with Crippen LogP contribution in [-0.4, -0.2) is 4.98 Å². The van der Waals surface area contributed by atoms with Crippen LogP contribution in [0, 0.1) is 0 Å². The predicted octanol–water partition coefficient (Wildman–Crippen LogP) is -1.08. The normalized spacial score (nSPS) is 20.4. The van der Waals surface area contributed by atoms with Crippen LogP contribution in [0.2, 0.25) is 0 Å². The Bertz CT molecular complexity index is 336. The molecule has 0 spiro atoms. The van der Waals surface area contributed by atoms with Gasteiger partial charge in [0.25, 0.3) is 0 Å². The molecule has 6 heteroatoms. The number of hydrogen-bond donors (Lipinski definition) is 3. The highest BCUT2D eigenvalue weighted by atomic mass is 15.9. The van der Waals surface area contributed by atoms with Gasteiger partial charge in [-0.3, -0.25) is 0 Å². The first-order valence-corrected chi connectivity index (χ1v) is 3.79. The molecule has 0 fully saturated rings. The van der Waals surface area contributed by atoms with Crippen molar-refractivity contribution in [3.8, 4) is 0 Å². The van der Waals surface area contributed by atoms with Crippen molar-refractivity contribution in [1.29, 1.82) is 0 Å². The minimum absolute atomic E-state index is 0.403. The highest BCUT2D eigenvalue weighted by Gasteiger charge is 2.14. The van der Waals surface area contributed by atoms with E-state index in [4.69, 9.17) is 11.6 Å². The van der Waals surface area contributed by atoms with Crippen molar-refractivity contribution in [2.45, 2.75) is 0 Å². The summed E-state index contributed by atoms with van der Waals surface area (Å²) in [6.45, 7) is 0. The number of quaternary nitrogens is 1. The molecule has 1 atom stereocenters. The van der Waals surface area contributed by atoms with Crippen molar-refractivity contribution in [2.75, 3.05) is 10.7 Å². The van der Waals surface area contributed by atoms with Crippen LogP contribution in [-0.2, 0) is 0 Å². The standard InChI is InChI=1S/C7H10N6/c8-7-6(2-1-3-10-7)12-5-4-11-13(12)9/h1-5,13H,9H2,(H2,8,10). The van der Waals surface area contributed by atoms with Crippen LogP contribution in [0.1, 0.15) is 0 Å². The first-order chi connectivity index (χ1) is 6.29. The number of nitrogens with one attached hydrogen (secondary N) is 1. The second kappa shape index (κ2) is 2.92. The van der Waals surface area contributed by atoms with Gasteiger partial charge in [0.05, 0.1) is 0 Å². The number of hydrogen-bond acceptors (Lipinski definition) is 4. The van der Waals surface area contributed by atoms with E-state index >= 15 is 0 Å². The first kappa shape index (κ1) is 7.84. The fourth-order valence-corrected chi connectivity index (χ4v) is 1.13. The Labute approximate surface area is 75.3 Å². The topological polar surface area (TPSA) is 86.7 Å². The number of nitrogens with zero attached hydrogens (tertiary/aromatic N) is 3. The van der Waals surface area contributed by atoms with Crippen molar-refractivity contribution in [1.82, 2.24) is 4.98 Å². The van der Waals surface area contributed by atoms with E-state index in [1.54, 1.807) is 29.7 Å². The zero-order valence-corrected chi connectivity index (χ0v) is 6.88. The molecule has 0 aromatic carbocycles. The maximum Gasteiger partial charge on any atom is 0.152 e. The van der Waals surface area contributed by atoms with E-state index in [9.17, 15) is 0 Å². The van der Waals surface area contributed by atoms with E-state index < -0.39 is 0 Å². The summed E-state index contributed by atoms with van der Waals surface area (Å²) in [4.78, 5) is 3.95. The summed E-state index contributed by atoms with van der Waals surface area (Å²) < 4.78 is 0. The van der Waals surface area contributed by atoms with Crippen LogP contribution >= 0.6 is 0 Å². The van der Waals surface area contributed by atoms with Crippen molar-refractivity contribution < 1.29 is 5.23 Å². The SMILES string of the molecule is Nc1ncccc1N1C=C[N-][NH+]1N.